The van der Waals surface area contributed by atoms with E-state index in [1.807, 2.05) is 0 Å². The fraction of sp³-hybridized carbons (Fsp3) is 0.524. The lowest BCUT2D eigenvalue weighted by atomic mass is 10.1. The average molecular weight is 442 g/mol. The van der Waals surface area contributed by atoms with Crippen LogP contribution < -0.4 is 14.8 Å². The van der Waals surface area contributed by atoms with Gasteiger partial charge in [-0.15, -0.1) is 0 Å². The summed E-state index contributed by atoms with van der Waals surface area (Å²) in [4.78, 5) is 23.7. The molecule has 1 aromatic carbocycles. The highest BCUT2D eigenvalue weighted by molar-refractivity contribution is 7.88. The minimum Gasteiger partial charge on any atom is -0.493 e. The van der Waals surface area contributed by atoms with E-state index in [0.29, 0.717) is 24.6 Å². The molecule has 0 saturated heterocycles. The molecule has 0 fully saturated rings. The maximum atomic E-state index is 12.0. The third-order valence-electron chi connectivity index (χ3n) is 3.90. The molecule has 8 nitrogen and oxygen atoms in total. The lowest BCUT2D eigenvalue weighted by Gasteiger charge is -2.13. The Balaban J connectivity index is 2.45. The quantitative estimate of drug-likeness (QED) is 0.109. The third-order valence-corrected chi connectivity index (χ3v) is 4.25. The monoisotopic (exact) mass is 441 g/mol. The predicted molar refractivity (Wildman–Crippen MR) is 115 cm³/mol. The molecule has 0 heterocycles. The average Bonchev–Trinajstić information content (AvgIpc) is 2.69. The highest BCUT2D eigenvalue weighted by atomic mass is 32.2. The zero-order chi connectivity index (χ0) is 22.4. The van der Waals surface area contributed by atoms with Crippen molar-refractivity contribution in [2.24, 2.45) is 5.92 Å². The lowest BCUT2D eigenvalue weighted by Crippen LogP contribution is -2.22. The number of ether oxygens (including phenoxy) is 3. The highest BCUT2D eigenvalue weighted by Gasteiger charge is 2.16. The molecule has 168 valence electrons. The van der Waals surface area contributed by atoms with Crippen LogP contribution in [0.5, 0.6) is 11.5 Å². The predicted octanol–water partition coefficient (Wildman–Crippen LogP) is 5.08. The van der Waals surface area contributed by atoms with Crippen molar-refractivity contribution < 1.29 is 32.5 Å². The number of allylic oxidation sites excluding steroid dienone is 2. The van der Waals surface area contributed by atoms with Gasteiger partial charge in [-0.05, 0) is 49.8 Å². The maximum absolute atomic E-state index is 12.0. The van der Waals surface area contributed by atoms with Crippen molar-refractivity contribution in [3.05, 3.63) is 35.9 Å². The minimum atomic E-state index is -1.00. The Labute approximate surface area is 182 Å². The molecule has 1 rings (SSSR count). The van der Waals surface area contributed by atoms with Crippen molar-refractivity contribution >= 4 is 24.4 Å². The van der Waals surface area contributed by atoms with Crippen LogP contribution in [-0.4, -0.2) is 30.0 Å². The molecule has 0 aliphatic carbocycles. The van der Waals surface area contributed by atoms with E-state index in [9.17, 15) is 9.59 Å². The number of methoxy groups -OCH3 is 1. The summed E-state index contributed by atoms with van der Waals surface area (Å²) in [6.07, 6.45) is 5.62. The largest absolute Gasteiger partial charge is 0.516 e. The Kier molecular flexibility index (Phi) is 12.6. The molecule has 0 aliphatic rings. The molecule has 9 heteroatoms. The summed E-state index contributed by atoms with van der Waals surface area (Å²) in [5.74, 6) is 1.02. The molecule has 0 radical (unpaired) electrons. The normalized spacial score (nSPS) is 12.1. The molecule has 2 N–H and O–H groups in total. The topological polar surface area (TPSA) is 103 Å². The fourth-order valence-corrected chi connectivity index (χ4v) is 2.60. The number of carbonyl (C=O) groups is 2. The van der Waals surface area contributed by atoms with E-state index in [4.69, 9.17) is 18.8 Å². The Hall–Kier alpha value is -2.23. The van der Waals surface area contributed by atoms with Crippen molar-refractivity contribution in [3.8, 4) is 11.5 Å². The number of hydrogen-bond acceptors (Lipinski definition) is 8. The number of carbonyl (C=O) groups excluding carboxylic acids is 2. The molecule has 1 atom stereocenters. The van der Waals surface area contributed by atoms with Crippen molar-refractivity contribution in [3.63, 3.8) is 0 Å². The van der Waals surface area contributed by atoms with Gasteiger partial charge in [0, 0.05) is 13.0 Å². The minimum absolute atomic E-state index is 0.0125. The molecule has 1 amide bonds. The van der Waals surface area contributed by atoms with E-state index in [2.05, 4.69) is 35.5 Å². The van der Waals surface area contributed by atoms with Crippen LogP contribution in [0.3, 0.4) is 0 Å². The van der Waals surface area contributed by atoms with Gasteiger partial charge in [-0.1, -0.05) is 32.1 Å². The van der Waals surface area contributed by atoms with E-state index >= 15 is 0 Å². The van der Waals surface area contributed by atoms with E-state index in [0.717, 1.165) is 24.8 Å². The van der Waals surface area contributed by atoms with Crippen LogP contribution in [-0.2, 0) is 20.3 Å². The second kappa shape index (κ2) is 14.7. The van der Waals surface area contributed by atoms with Gasteiger partial charge in [0.1, 0.15) is 0 Å². The number of benzene rings is 1. The van der Waals surface area contributed by atoms with Crippen LogP contribution in [0, 0.1) is 5.92 Å². The van der Waals surface area contributed by atoms with Gasteiger partial charge in [0.15, 0.2) is 23.8 Å². The zero-order valence-electron chi connectivity index (χ0n) is 17.9. The fourth-order valence-electron chi connectivity index (χ4n) is 2.44. The van der Waals surface area contributed by atoms with Gasteiger partial charge in [-0.3, -0.25) is 4.79 Å². The van der Waals surface area contributed by atoms with Gasteiger partial charge >= 0.3 is 6.16 Å². The summed E-state index contributed by atoms with van der Waals surface area (Å²) < 4.78 is 28.3. The summed E-state index contributed by atoms with van der Waals surface area (Å²) in [7, 11) is 1.44. The highest BCUT2D eigenvalue weighted by Crippen LogP contribution is 2.28. The van der Waals surface area contributed by atoms with E-state index in [1.165, 1.54) is 14.0 Å². The second-order valence-corrected chi connectivity index (χ2v) is 7.23. The van der Waals surface area contributed by atoms with Crippen LogP contribution in [0.4, 0.5) is 4.79 Å². The first-order chi connectivity index (χ1) is 14.3. The van der Waals surface area contributed by atoms with Crippen molar-refractivity contribution in [1.29, 1.82) is 0 Å². The van der Waals surface area contributed by atoms with Crippen LogP contribution in [0.1, 0.15) is 52.0 Å². The summed E-state index contributed by atoms with van der Waals surface area (Å²) >= 11 is 0.0894. The number of amides is 1. The number of rotatable bonds is 13. The van der Waals surface area contributed by atoms with Crippen molar-refractivity contribution in [1.82, 2.24) is 5.32 Å². The van der Waals surface area contributed by atoms with E-state index in [-0.39, 0.29) is 24.0 Å². The first-order valence-corrected chi connectivity index (χ1v) is 10.5. The van der Waals surface area contributed by atoms with Gasteiger partial charge in [0.25, 0.3) is 0 Å². The number of hydrogen-bond donors (Lipinski definition) is 2. The van der Waals surface area contributed by atoms with Crippen LogP contribution >= 0.6 is 12.3 Å². The summed E-state index contributed by atoms with van der Waals surface area (Å²) in [5, 5.41) is 2.87. The lowest BCUT2D eigenvalue weighted by molar-refractivity contribution is -0.121. The smallest absolute Gasteiger partial charge is 0.493 e. The maximum Gasteiger partial charge on any atom is 0.516 e. The Bertz CT molecular complexity index is 694. The van der Waals surface area contributed by atoms with Crippen LogP contribution in [0.15, 0.2) is 30.4 Å². The van der Waals surface area contributed by atoms with Crippen molar-refractivity contribution in [2.75, 3.05) is 7.11 Å². The van der Waals surface area contributed by atoms with E-state index in [1.54, 1.807) is 18.2 Å². The number of nitrogens with one attached hydrogen (secondary N) is 1. The Morgan fingerprint density at radius 1 is 1.20 bits per heavy atom. The molecule has 1 unspecified atom stereocenters. The molecular formula is C21H31NO7S. The molecule has 0 aliphatic heterocycles. The van der Waals surface area contributed by atoms with Gasteiger partial charge in [-0.2, -0.15) is 0 Å². The number of unbranched alkanes of at least 4 members (excludes halogenated alkanes) is 2. The standard InChI is InChI=1S/C21H31NO7S/c1-15(2)9-7-5-6-8-10-20(23)22-14-17-11-12-18(19(13-17)26-4)28-21(24)27-16(3)29-30-25/h7,9,11-13,15-16,25H,5-6,8,10,14H2,1-4H3,(H,22,23)/b9-7+. The Morgan fingerprint density at radius 3 is 2.63 bits per heavy atom. The van der Waals surface area contributed by atoms with Gasteiger partial charge in [0.2, 0.25) is 12.2 Å². The third kappa shape index (κ3) is 11.1. The molecule has 1 aromatic rings. The molecule has 0 bridgehead atoms. The molecule has 30 heavy (non-hydrogen) atoms. The van der Waals surface area contributed by atoms with Gasteiger partial charge in [0.05, 0.1) is 7.11 Å². The molecule has 0 aromatic heterocycles. The van der Waals surface area contributed by atoms with E-state index < -0.39 is 12.4 Å². The SMILES string of the molecule is COc1cc(CNC(=O)CCCC/C=C/C(C)C)ccc1OC(=O)OC(C)OSO. The molecule has 0 spiro atoms. The first-order valence-electron chi connectivity index (χ1n) is 9.81. The Morgan fingerprint density at radius 2 is 1.97 bits per heavy atom. The van der Waals surface area contributed by atoms with Gasteiger partial charge < -0.3 is 24.1 Å². The van der Waals surface area contributed by atoms with Crippen LogP contribution in [0.2, 0.25) is 0 Å². The summed E-state index contributed by atoms with van der Waals surface area (Å²) in [6, 6.07) is 4.93. The first kappa shape index (κ1) is 25.8. The molecule has 0 saturated carbocycles. The summed E-state index contributed by atoms with van der Waals surface area (Å²) in [5.41, 5.74) is 0.800. The zero-order valence-corrected chi connectivity index (χ0v) is 18.7. The molecular weight excluding hydrogens is 410 g/mol. The summed E-state index contributed by atoms with van der Waals surface area (Å²) in [6.45, 7) is 6.04. The van der Waals surface area contributed by atoms with Gasteiger partial charge in [-0.25, -0.2) is 8.98 Å². The second-order valence-electron chi connectivity index (χ2n) is 6.89. The van der Waals surface area contributed by atoms with Crippen LogP contribution in [0.25, 0.3) is 0 Å². The van der Waals surface area contributed by atoms with Crippen molar-refractivity contribution in [2.45, 2.75) is 59.3 Å².